The molecule has 0 unspecified atom stereocenters. The first-order chi connectivity index (χ1) is 9.19. The van der Waals surface area contributed by atoms with Gasteiger partial charge in [0, 0.05) is 24.8 Å². The molecule has 100 valence electrons. The first-order valence-corrected chi connectivity index (χ1v) is 6.53. The van der Waals surface area contributed by atoms with E-state index in [1.165, 1.54) is 0 Å². The summed E-state index contributed by atoms with van der Waals surface area (Å²) in [6.07, 6.45) is 1.78. The Labute approximate surface area is 113 Å². The van der Waals surface area contributed by atoms with Crippen LogP contribution < -0.4 is 5.32 Å². The Balaban J connectivity index is 1.86. The van der Waals surface area contributed by atoms with E-state index in [0.29, 0.717) is 12.2 Å². The number of aromatic nitrogens is 1. The number of nitrogens with zero attached hydrogens (tertiary/aromatic N) is 3. The minimum atomic E-state index is -0.109. The second-order valence-electron chi connectivity index (χ2n) is 4.85. The van der Waals surface area contributed by atoms with E-state index < -0.39 is 0 Å². The number of hydrogen-bond donors (Lipinski definition) is 1. The van der Waals surface area contributed by atoms with Crippen LogP contribution in [0.2, 0.25) is 0 Å². The normalized spacial score (nSPS) is 16.8. The number of carbonyl (C=O) groups is 1. The van der Waals surface area contributed by atoms with Gasteiger partial charge in [-0.2, -0.15) is 5.26 Å². The summed E-state index contributed by atoms with van der Waals surface area (Å²) >= 11 is 0. The number of rotatable bonds is 3. The minimum Gasteiger partial charge on any atom is -0.348 e. The predicted molar refractivity (Wildman–Crippen MR) is 71.5 cm³/mol. The molecule has 0 atom stereocenters. The van der Waals surface area contributed by atoms with Crippen LogP contribution in [0, 0.1) is 18.3 Å². The Bertz CT molecular complexity index is 486. The third-order valence-electron chi connectivity index (χ3n) is 3.34. The number of nitrogens with one attached hydrogen (secondary N) is 1. The Morgan fingerprint density at radius 1 is 1.53 bits per heavy atom. The van der Waals surface area contributed by atoms with Crippen LogP contribution in [-0.4, -0.2) is 41.5 Å². The quantitative estimate of drug-likeness (QED) is 0.824. The number of carbonyl (C=O) groups excluding carboxylic acids is 1. The average Bonchev–Trinajstić information content (AvgIpc) is 2.41. The number of likely N-dealkylation sites (tertiary alicyclic amines) is 1. The molecule has 1 fully saturated rings. The molecule has 1 aliphatic heterocycles. The largest absolute Gasteiger partial charge is 0.348 e. The fraction of sp³-hybridized carbons (Fsp3) is 0.500. The van der Waals surface area contributed by atoms with Gasteiger partial charge in [0.15, 0.2) is 0 Å². The first kappa shape index (κ1) is 13.5. The highest BCUT2D eigenvalue weighted by Gasteiger charge is 2.21. The number of amides is 1. The molecular weight excluding hydrogens is 240 g/mol. The maximum Gasteiger partial charge on any atom is 0.270 e. The number of pyridine rings is 1. The highest BCUT2D eigenvalue weighted by atomic mass is 16.1. The molecule has 1 aliphatic rings. The molecule has 0 aliphatic carbocycles. The molecule has 2 rings (SSSR count). The van der Waals surface area contributed by atoms with E-state index in [0.717, 1.165) is 31.6 Å². The van der Waals surface area contributed by atoms with Gasteiger partial charge in [-0.3, -0.25) is 9.69 Å². The van der Waals surface area contributed by atoms with Gasteiger partial charge < -0.3 is 5.32 Å². The van der Waals surface area contributed by atoms with Gasteiger partial charge in [0.2, 0.25) is 0 Å². The summed E-state index contributed by atoms with van der Waals surface area (Å²) in [5.41, 5.74) is 1.32. The van der Waals surface area contributed by atoms with Crippen molar-refractivity contribution in [3.8, 4) is 6.07 Å². The molecule has 1 N–H and O–H groups in total. The van der Waals surface area contributed by atoms with Crippen molar-refractivity contribution in [1.82, 2.24) is 15.2 Å². The van der Waals surface area contributed by atoms with Crippen LogP contribution >= 0.6 is 0 Å². The van der Waals surface area contributed by atoms with E-state index >= 15 is 0 Å². The van der Waals surface area contributed by atoms with E-state index in [1.807, 2.05) is 19.1 Å². The van der Waals surface area contributed by atoms with E-state index in [9.17, 15) is 4.79 Å². The van der Waals surface area contributed by atoms with Crippen molar-refractivity contribution in [1.29, 1.82) is 5.26 Å². The van der Waals surface area contributed by atoms with Crippen molar-refractivity contribution in [3.63, 3.8) is 0 Å². The zero-order valence-electron chi connectivity index (χ0n) is 11.1. The third kappa shape index (κ3) is 3.76. The zero-order valence-corrected chi connectivity index (χ0v) is 11.1. The number of aryl methyl sites for hydroxylation is 1. The van der Waals surface area contributed by atoms with Gasteiger partial charge in [-0.25, -0.2) is 4.98 Å². The van der Waals surface area contributed by atoms with Crippen LogP contribution in [-0.2, 0) is 0 Å². The van der Waals surface area contributed by atoms with Crippen molar-refractivity contribution in [3.05, 3.63) is 29.6 Å². The Morgan fingerprint density at radius 2 is 2.26 bits per heavy atom. The Hall–Kier alpha value is -1.93. The summed E-state index contributed by atoms with van der Waals surface area (Å²) in [4.78, 5) is 18.4. The molecule has 1 aromatic rings. The van der Waals surface area contributed by atoms with Crippen LogP contribution in [0.4, 0.5) is 0 Å². The van der Waals surface area contributed by atoms with Crippen LogP contribution in [0.3, 0.4) is 0 Å². The van der Waals surface area contributed by atoms with Crippen molar-refractivity contribution < 1.29 is 4.79 Å². The molecule has 2 heterocycles. The smallest absolute Gasteiger partial charge is 0.270 e. The third-order valence-corrected chi connectivity index (χ3v) is 3.34. The lowest BCUT2D eigenvalue weighted by Crippen LogP contribution is -2.44. The van der Waals surface area contributed by atoms with Crippen molar-refractivity contribution in [2.75, 3.05) is 19.6 Å². The van der Waals surface area contributed by atoms with E-state index in [-0.39, 0.29) is 11.9 Å². The molecule has 0 spiro atoms. The van der Waals surface area contributed by atoms with Crippen LogP contribution in [0.1, 0.15) is 29.0 Å². The molecule has 1 amide bonds. The van der Waals surface area contributed by atoms with Crippen LogP contribution in [0.15, 0.2) is 18.2 Å². The molecule has 1 aromatic heterocycles. The molecule has 0 bridgehead atoms. The Kier molecular flexibility index (Phi) is 4.48. The highest BCUT2D eigenvalue weighted by molar-refractivity contribution is 5.92. The summed E-state index contributed by atoms with van der Waals surface area (Å²) in [6, 6.07) is 7.78. The van der Waals surface area contributed by atoms with E-state index in [2.05, 4.69) is 21.3 Å². The number of hydrogen-bond acceptors (Lipinski definition) is 4. The van der Waals surface area contributed by atoms with Crippen molar-refractivity contribution >= 4 is 5.91 Å². The topological polar surface area (TPSA) is 69.0 Å². The standard InChI is InChI=1S/C14H18N4O/c1-11-3-2-4-13(16-11)14(19)17-12-5-8-18(9-6-12)10-7-15/h2-4,12H,5-6,8-10H2,1H3,(H,17,19). The zero-order chi connectivity index (χ0) is 13.7. The lowest BCUT2D eigenvalue weighted by Gasteiger charge is -2.30. The maximum absolute atomic E-state index is 12.0. The van der Waals surface area contributed by atoms with Gasteiger partial charge in [-0.15, -0.1) is 0 Å². The van der Waals surface area contributed by atoms with Gasteiger partial charge in [-0.05, 0) is 31.9 Å². The summed E-state index contributed by atoms with van der Waals surface area (Å²) in [6.45, 7) is 4.07. The highest BCUT2D eigenvalue weighted by Crippen LogP contribution is 2.10. The fourth-order valence-corrected chi connectivity index (χ4v) is 2.26. The van der Waals surface area contributed by atoms with Gasteiger partial charge in [0.25, 0.3) is 5.91 Å². The summed E-state index contributed by atoms with van der Waals surface area (Å²) in [5.74, 6) is -0.109. The van der Waals surface area contributed by atoms with Gasteiger partial charge >= 0.3 is 0 Å². The number of nitriles is 1. The SMILES string of the molecule is Cc1cccc(C(=O)NC2CCN(CC#N)CC2)n1. The van der Waals surface area contributed by atoms with Crippen molar-refractivity contribution in [2.24, 2.45) is 0 Å². The summed E-state index contributed by atoms with van der Waals surface area (Å²) in [7, 11) is 0. The molecule has 0 radical (unpaired) electrons. The molecule has 5 nitrogen and oxygen atoms in total. The maximum atomic E-state index is 12.0. The fourth-order valence-electron chi connectivity index (χ4n) is 2.26. The second kappa shape index (κ2) is 6.30. The predicted octanol–water partition coefficient (Wildman–Crippen LogP) is 1.11. The molecule has 0 saturated carbocycles. The lowest BCUT2D eigenvalue weighted by molar-refractivity contribution is 0.0909. The van der Waals surface area contributed by atoms with E-state index in [4.69, 9.17) is 5.26 Å². The summed E-state index contributed by atoms with van der Waals surface area (Å²) in [5, 5.41) is 11.6. The molecule has 5 heteroatoms. The van der Waals surface area contributed by atoms with Gasteiger partial charge in [-0.1, -0.05) is 6.07 Å². The first-order valence-electron chi connectivity index (χ1n) is 6.53. The van der Waals surface area contributed by atoms with E-state index in [1.54, 1.807) is 6.07 Å². The summed E-state index contributed by atoms with van der Waals surface area (Å²) < 4.78 is 0. The van der Waals surface area contributed by atoms with Crippen molar-refractivity contribution in [2.45, 2.75) is 25.8 Å². The lowest BCUT2D eigenvalue weighted by atomic mass is 10.0. The molecule has 19 heavy (non-hydrogen) atoms. The van der Waals surface area contributed by atoms with Crippen LogP contribution in [0.25, 0.3) is 0 Å². The monoisotopic (exact) mass is 258 g/mol. The Morgan fingerprint density at radius 3 is 2.89 bits per heavy atom. The van der Waals surface area contributed by atoms with Gasteiger partial charge in [0.1, 0.15) is 5.69 Å². The number of piperidine rings is 1. The molecule has 0 aromatic carbocycles. The molecular formula is C14H18N4O. The second-order valence-corrected chi connectivity index (χ2v) is 4.85. The van der Waals surface area contributed by atoms with Gasteiger partial charge in [0.05, 0.1) is 12.6 Å². The van der Waals surface area contributed by atoms with Crippen LogP contribution in [0.5, 0.6) is 0 Å². The molecule has 1 saturated heterocycles. The minimum absolute atomic E-state index is 0.109. The average molecular weight is 258 g/mol.